The van der Waals surface area contributed by atoms with Crippen LogP contribution in [0.4, 0.5) is 5.13 Å². The maximum Gasteiger partial charge on any atom is 0.270 e. The Kier molecular flexibility index (Phi) is 4.70. The number of hydrogen-bond acceptors (Lipinski definition) is 4. The first-order valence-corrected chi connectivity index (χ1v) is 7.16. The molecular weight excluding hydrogens is 298 g/mol. The van der Waals surface area contributed by atoms with E-state index in [4.69, 9.17) is 11.6 Å². The normalized spacial score (nSPS) is 10.1. The van der Waals surface area contributed by atoms with Gasteiger partial charge < -0.3 is 5.32 Å². The summed E-state index contributed by atoms with van der Waals surface area (Å²) in [6.45, 7) is 2.36. The van der Waals surface area contributed by atoms with Crippen LogP contribution in [0.2, 0.25) is 5.02 Å². The van der Waals surface area contributed by atoms with E-state index in [2.05, 4.69) is 15.6 Å². The first kappa shape index (κ1) is 14.5. The van der Waals surface area contributed by atoms with Crippen molar-refractivity contribution >= 4 is 39.9 Å². The number of rotatable bonds is 4. The van der Waals surface area contributed by atoms with Gasteiger partial charge in [-0.1, -0.05) is 11.6 Å². The first-order chi connectivity index (χ1) is 9.60. The van der Waals surface area contributed by atoms with Crippen molar-refractivity contribution in [1.82, 2.24) is 10.3 Å². The highest BCUT2D eigenvalue weighted by molar-refractivity contribution is 7.14. The molecule has 1 heterocycles. The Hall–Kier alpha value is -1.92. The third-order valence-corrected chi connectivity index (χ3v) is 3.41. The van der Waals surface area contributed by atoms with Crippen molar-refractivity contribution < 1.29 is 9.59 Å². The second-order valence-corrected chi connectivity index (χ2v) is 5.15. The Morgan fingerprint density at radius 3 is 2.60 bits per heavy atom. The Bertz CT molecular complexity index is 625. The van der Waals surface area contributed by atoms with E-state index in [1.807, 2.05) is 6.92 Å². The van der Waals surface area contributed by atoms with E-state index in [1.165, 1.54) is 11.3 Å². The molecule has 104 valence electrons. The lowest BCUT2D eigenvalue weighted by atomic mass is 10.2. The van der Waals surface area contributed by atoms with E-state index >= 15 is 0 Å². The maximum absolute atomic E-state index is 11.9. The predicted molar refractivity (Wildman–Crippen MR) is 79.5 cm³/mol. The number of anilines is 1. The van der Waals surface area contributed by atoms with Crippen molar-refractivity contribution in [3.63, 3.8) is 0 Å². The number of hydrogen-bond donors (Lipinski definition) is 2. The molecule has 2 rings (SSSR count). The second-order valence-electron chi connectivity index (χ2n) is 3.86. The smallest absolute Gasteiger partial charge is 0.270 e. The van der Waals surface area contributed by atoms with Crippen LogP contribution in [-0.2, 0) is 0 Å². The first-order valence-electron chi connectivity index (χ1n) is 5.90. The fourth-order valence-electron chi connectivity index (χ4n) is 1.46. The Morgan fingerprint density at radius 2 is 1.95 bits per heavy atom. The molecule has 1 aromatic heterocycles. The highest BCUT2D eigenvalue weighted by Crippen LogP contribution is 2.17. The monoisotopic (exact) mass is 309 g/mol. The van der Waals surface area contributed by atoms with Gasteiger partial charge in [0.25, 0.3) is 11.8 Å². The van der Waals surface area contributed by atoms with Crippen LogP contribution in [0, 0.1) is 0 Å². The number of thiazole rings is 1. The molecule has 7 heteroatoms. The fourth-order valence-corrected chi connectivity index (χ4v) is 2.27. The molecule has 20 heavy (non-hydrogen) atoms. The largest absolute Gasteiger partial charge is 0.351 e. The third kappa shape index (κ3) is 3.55. The molecule has 0 radical (unpaired) electrons. The van der Waals surface area contributed by atoms with Crippen molar-refractivity contribution in [3.8, 4) is 0 Å². The van der Waals surface area contributed by atoms with Crippen LogP contribution >= 0.6 is 22.9 Å². The molecule has 1 aromatic carbocycles. The summed E-state index contributed by atoms with van der Waals surface area (Å²) in [5, 5.41) is 7.83. The van der Waals surface area contributed by atoms with E-state index in [0.717, 1.165) is 0 Å². The quantitative estimate of drug-likeness (QED) is 0.912. The van der Waals surface area contributed by atoms with E-state index in [9.17, 15) is 9.59 Å². The SMILES string of the molecule is CCNC(=O)c1csc(NC(=O)c2ccc(Cl)cc2)n1. The second kappa shape index (κ2) is 6.49. The number of nitrogens with one attached hydrogen (secondary N) is 2. The van der Waals surface area contributed by atoms with Crippen molar-refractivity contribution in [1.29, 1.82) is 0 Å². The predicted octanol–water partition coefficient (Wildman–Crippen LogP) is 2.80. The van der Waals surface area contributed by atoms with Crippen LogP contribution in [0.25, 0.3) is 0 Å². The van der Waals surface area contributed by atoms with Crippen molar-refractivity contribution in [2.24, 2.45) is 0 Å². The summed E-state index contributed by atoms with van der Waals surface area (Å²) < 4.78 is 0. The molecule has 0 aliphatic carbocycles. The van der Waals surface area contributed by atoms with Gasteiger partial charge in [0.15, 0.2) is 5.13 Å². The van der Waals surface area contributed by atoms with Gasteiger partial charge in [0.1, 0.15) is 5.69 Å². The van der Waals surface area contributed by atoms with Gasteiger partial charge in [-0.05, 0) is 31.2 Å². The van der Waals surface area contributed by atoms with E-state index in [-0.39, 0.29) is 11.8 Å². The third-order valence-electron chi connectivity index (χ3n) is 2.40. The molecule has 0 bridgehead atoms. The molecule has 2 aromatic rings. The average Bonchev–Trinajstić information content (AvgIpc) is 2.88. The van der Waals surface area contributed by atoms with Gasteiger partial charge in [0.2, 0.25) is 0 Å². The van der Waals surface area contributed by atoms with Crippen LogP contribution in [0.15, 0.2) is 29.6 Å². The molecule has 0 unspecified atom stereocenters. The van der Waals surface area contributed by atoms with Crippen LogP contribution in [0.3, 0.4) is 0 Å². The fraction of sp³-hybridized carbons (Fsp3) is 0.154. The number of carbonyl (C=O) groups excluding carboxylic acids is 2. The van der Waals surface area contributed by atoms with Gasteiger partial charge >= 0.3 is 0 Å². The van der Waals surface area contributed by atoms with Crippen molar-refractivity contribution in [2.75, 3.05) is 11.9 Å². The summed E-state index contributed by atoms with van der Waals surface area (Å²) in [5.74, 6) is -0.547. The summed E-state index contributed by atoms with van der Waals surface area (Å²) in [6.07, 6.45) is 0. The summed E-state index contributed by atoms with van der Waals surface area (Å²) in [7, 11) is 0. The van der Waals surface area contributed by atoms with E-state index < -0.39 is 0 Å². The summed E-state index contributed by atoms with van der Waals surface area (Å²) in [5.41, 5.74) is 0.771. The van der Waals surface area contributed by atoms with Crippen LogP contribution < -0.4 is 10.6 Å². The molecule has 2 N–H and O–H groups in total. The number of benzene rings is 1. The highest BCUT2D eigenvalue weighted by Gasteiger charge is 2.12. The molecular formula is C13H12ClN3O2S. The molecule has 0 spiro atoms. The summed E-state index contributed by atoms with van der Waals surface area (Å²) in [4.78, 5) is 27.6. The number of halogens is 1. The van der Waals surface area contributed by atoms with E-state index in [0.29, 0.717) is 28.0 Å². The lowest BCUT2D eigenvalue weighted by molar-refractivity contribution is 0.0950. The molecule has 0 aliphatic heterocycles. The summed E-state index contributed by atoms with van der Waals surface area (Å²) >= 11 is 6.96. The minimum Gasteiger partial charge on any atom is -0.351 e. The van der Waals surface area contributed by atoms with Crippen LogP contribution in [0.5, 0.6) is 0 Å². The highest BCUT2D eigenvalue weighted by atomic mass is 35.5. The van der Waals surface area contributed by atoms with Crippen molar-refractivity contribution in [3.05, 3.63) is 45.9 Å². The zero-order valence-corrected chi connectivity index (χ0v) is 12.2. The minimum atomic E-state index is -0.293. The number of amides is 2. The van der Waals surface area contributed by atoms with Gasteiger partial charge in [-0.15, -0.1) is 11.3 Å². The zero-order valence-electron chi connectivity index (χ0n) is 10.6. The standard InChI is InChI=1S/C13H12ClN3O2S/c1-2-15-12(19)10-7-20-13(16-10)17-11(18)8-3-5-9(14)6-4-8/h3-7H,2H2,1H3,(H,15,19)(H,16,17,18). The topological polar surface area (TPSA) is 71.1 Å². The Labute approximate surface area is 125 Å². The number of carbonyl (C=O) groups is 2. The maximum atomic E-state index is 11.9. The molecule has 0 fully saturated rings. The van der Waals surface area contributed by atoms with Crippen LogP contribution in [0.1, 0.15) is 27.8 Å². The van der Waals surface area contributed by atoms with Crippen molar-refractivity contribution in [2.45, 2.75) is 6.92 Å². The molecule has 0 saturated carbocycles. The minimum absolute atomic E-state index is 0.254. The molecule has 0 atom stereocenters. The van der Waals surface area contributed by atoms with Gasteiger partial charge in [0, 0.05) is 22.5 Å². The van der Waals surface area contributed by atoms with Gasteiger partial charge in [0.05, 0.1) is 0 Å². The van der Waals surface area contributed by atoms with Gasteiger partial charge in [-0.3, -0.25) is 14.9 Å². The molecule has 2 amide bonds. The Balaban J connectivity index is 2.05. The van der Waals surface area contributed by atoms with Crippen LogP contribution in [-0.4, -0.2) is 23.3 Å². The molecule has 0 aliphatic rings. The molecule has 0 saturated heterocycles. The lowest BCUT2D eigenvalue weighted by Crippen LogP contribution is -2.23. The lowest BCUT2D eigenvalue weighted by Gasteiger charge is -2.01. The van der Waals surface area contributed by atoms with E-state index in [1.54, 1.807) is 29.6 Å². The number of nitrogens with zero attached hydrogens (tertiary/aromatic N) is 1. The van der Waals surface area contributed by atoms with Gasteiger partial charge in [-0.2, -0.15) is 0 Å². The molecule has 5 nitrogen and oxygen atoms in total. The average molecular weight is 310 g/mol. The summed E-state index contributed by atoms with van der Waals surface area (Å²) in [6, 6.07) is 6.52. The number of aromatic nitrogens is 1. The van der Waals surface area contributed by atoms with Gasteiger partial charge in [-0.25, -0.2) is 4.98 Å². The Morgan fingerprint density at radius 1 is 1.25 bits per heavy atom. The zero-order chi connectivity index (χ0) is 14.5.